The topological polar surface area (TPSA) is 254 Å². The Kier molecular flexibility index (Phi) is 32.2. The molecule has 4 aromatic rings. The number of hydrogen-bond acceptors (Lipinski definition) is 11. The van der Waals surface area contributed by atoms with Gasteiger partial charge >= 0.3 is 5.97 Å². The highest BCUT2D eigenvalue weighted by atomic mass is 32.2. The largest absolute Gasteiger partial charge is 0.508 e. The molecule has 4 unspecified atom stereocenters. The number of aromatic hydroxyl groups is 1. The van der Waals surface area contributed by atoms with Crippen molar-refractivity contribution < 1.29 is 43.4 Å². The lowest BCUT2D eigenvalue weighted by Crippen LogP contribution is -2.50. The summed E-state index contributed by atoms with van der Waals surface area (Å²) in [4.78, 5) is 83.6. The molecule has 0 spiro atoms. The van der Waals surface area contributed by atoms with Gasteiger partial charge in [0.15, 0.2) is 0 Å². The number of aryl methyl sites for hydroxylation is 2. The highest BCUT2D eigenvalue weighted by Crippen LogP contribution is 2.17. The SMILES string of the molecule is CC(=O)NC(Cc1ccccc1)C(=O)NCC(=O)N1CCCC1C.CC(C)OC(=O)C(CCCCN)NC=O.CSCCC(C)NC(=O)CNC=O.Cc1c[nH]c2ccccc12.Cc1ccc(O)cc1. The number of aromatic nitrogens is 1. The summed E-state index contributed by atoms with van der Waals surface area (Å²) >= 11 is 1.75. The van der Waals surface area contributed by atoms with Gasteiger partial charge in [-0.05, 0) is 128 Å². The zero-order valence-corrected chi connectivity index (χ0v) is 43.1. The standard InChI is InChI=1S/C18H25N3O3.C10H20N2O3.C9H9N.C8H16N2O2S.C7H8O/c1-13-7-6-10-21(13)17(23)12-19-18(24)16(20-14(2)22)11-15-8-4-3-5-9-15;1-8(2)15-10(14)9(12-7-13)5-3-4-6-11;1-7-6-10-9-5-3-2-4-8(7)9;1-7(3-4-13-2)10-8(12)5-9-6-11;1-6-2-4-7(8)5-3-6/h3-5,8-9,13,16H,6-7,10-12H2,1-2H3,(H,19,24)(H,20,22);7-9H,3-6,11H2,1-2H3,(H,12,13);2-6,10H,1H3;6-7H,3-5H2,1-2H3,(H,9,11)(H,10,12);2-5,8H,1H3. The zero-order valence-electron chi connectivity index (χ0n) is 42.3. The number of benzene rings is 3. The van der Waals surface area contributed by atoms with Crippen LogP contribution < -0.4 is 32.3 Å². The third-order valence-electron chi connectivity index (χ3n) is 10.5. The van der Waals surface area contributed by atoms with E-state index >= 15 is 0 Å². The van der Waals surface area contributed by atoms with Gasteiger partial charge in [0, 0.05) is 49.1 Å². The van der Waals surface area contributed by atoms with Crippen molar-refractivity contribution in [2.24, 2.45) is 5.73 Å². The molecule has 4 atom stereocenters. The second-order valence-corrected chi connectivity index (χ2v) is 17.9. The molecule has 18 heteroatoms. The minimum atomic E-state index is -0.686. The molecule has 1 aromatic heterocycles. The van der Waals surface area contributed by atoms with Crippen molar-refractivity contribution >= 4 is 65.1 Å². The molecule has 1 aliphatic rings. The van der Waals surface area contributed by atoms with Gasteiger partial charge in [-0.1, -0.05) is 66.2 Å². The third kappa shape index (κ3) is 27.6. The quantitative estimate of drug-likeness (QED) is 0.0306. The fourth-order valence-corrected chi connectivity index (χ4v) is 7.33. The van der Waals surface area contributed by atoms with Crippen molar-refractivity contribution in [1.82, 2.24) is 36.5 Å². The van der Waals surface area contributed by atoms with Crippen LogP contribution in [0.5, 0.6) is 5.75 Å². The number of nitrogens with one attached hydrogen (secondary N) is 6. The fraction of sp³-hybridized carbons (Fsp3) is 0.481. The summed E-state index contributed by atoms with van der Waals surface area (Å²) < 4.78 is 5.00. The molecule has 0 saturated carbocycles. The number of rotatable bonds is 21. The second-order valence-electron chi connectivity index (χ2n) is 16.9. The number of thioether (sulfide) groups is 1. The summed E-state index contributed by atoms with van der Waals surface area (Å²) in [5.41, 5.74) is 10.00. The molecule has 1 aliphatic heterocycles. The monoisotopic (exact) mass is 991 g/mol. The van der Waals surface area contributed by atoms with Gasteiger partial charge in [0.2, 0.25) is 36.4 Å². The molecule has 0 bridgehead atoms. The lowest BCUT2D eigenvalue weighted by Gasteiger charge is -2.23. The molecular formula is C52H78N8O9S. The van der Waals surface area contributed by atoms with E-state index in [1.165, 1.54) is 29.0 Å². The number of phenols is 1. The maximum absolute atomic E-state index is 12.4. The predicted molar refractivity (Wildman–Crippen MR) is 279 cm³/mol. The van der Waals surface area contributed by atoms with Gasteiger partial charge in [0.1, 0.15) is 17.8 Å². The Morgan fingerprint density at radius 2 is 1.56 bits per heavy atom. The molecule has 1 fully saturated rings. The summed E-state index contributed by atoms with van der Waals surface area (Å²) in [6, 6.07) is 24.0. The summed E-state index contributed by atoms with van der Waals surface area (Å²) in [6.07, 6.45) is 10.5. The molecule has 3 aromatic carbocycles. The molecular weight excluding hydrogens is 913 g/mol. The Balaban J connectivity index is 0.000000462. The molecule has 0 aliphatic carbocycles. The Hall–Kier alpha value is -6.40. The van der Waals surface area contributed by atoms with Gasteiger partial charge < -0.3 is 52.0 Å². The summed E-state index contributed by atoms with van der Waals surface area (Å²) in [7, 11) is 0. The Bertz CT molecular complexity index is 2100. The van der Waals surface area contributed by atoms with Crippen LogP contribution in [0, 0.1) is 13.8 Å². The van der Waals surface area contributed by atoms with Gasteiger partial charge in [-0.3, -0.25) is 28.8 Å². The number of unbranched alkanes of at least 4 members (excludes halogenated alkanes) is 1. The number of nitrogens with zero attached hydrogens (tertiary/aromatic N) is 1. The Morgan fingerprint density at radius 3 is 2.11 bits per heavy atom. The first-order valence-corrected chi connectivity index (χ1v) is 25.1. The highest BCUT2D eigenvalue weighted by molar-refractivity contribution is 7.98. The molecule has 9 N–H and O–H groups in total. The van der Waals surface area contributed by atoms with Gasteiger partial charge in [-0.15, -0.1) is 0 Å². The third-order valence-corrected chi connectivity index (χ3v) is 11.1. The van der Waals surface area contributed by atoms with Gasteiger partial charge in [-0.25, -0.2) is 4.79 Å². The van der Waals surface area contributed by atoms with Crippen LogP contribution >= 0.6 is 11.8 Å². The Morgan fingerprint density at radius 1 is 0.886 bits per heavy atom. The van der Waals surface area contributed by atoms with E-state index in [2.05, 4.69) is 56.7 Å². The molecule has 0 radical (unpaired) electrons. The number of nitrogens with two attached hydrogens (primary N) is 1. The maximum Gasteiger partial charge on any atom is 0.328 e. The number of H-pyrrole nitrogens is 1. The van der Waals surface area contributed by atoms with Crippen molar-refractivity contribution in [2.75, 3.05) is 38.2 Å². The number of carbonyl (C=O) groups is 7. The Labute approximate surface area is 418 Å². The number of ether oxygens (including phenoxy) is 1. The van der Waals surface area contributed by atoms with Crippen LogP contribution in [0.25, 0.3) is 10.9 Å². The molecule has 6 amide bonds. The molecule has 2 heterocycles. The first-order valence-electron chi connectivity index (χ1n) is 23.7. The molecule has 5 rings (SSSR count). The predicted octanol–water partition coefficient (Wildman–Crippen LogP) is 5.21. The van der Waals surface area contributed by atoms with Crippen molar-refractivity contribution in [3.05, 3.63) is 102 Å². The average molecular weight is 991 g/mol. The van der Waals surface area contributed by atoms with Crippen molar-refractivity contribution in [3.63, 3.8) is 0 Å². The lowest BCUT2D eigenvalue weighted by molar-refractivity contribution is -0.151. The summed E-state index contributed by atoms with van der Waals surface area (Å²) in [5, 5.41) is 22.9. The molecule has 1 saturated heterocycles. The number of fused-ring (bicyclic) bond motifs is 1. The van der Waals surface area contributed by atoms with Crippen LogP contribution in [0.4, 0.5) is 0 Å². The number of hydrogen-bond donors (Lipinski definition) is 8. The normalized spacial score (nSPS) is 13.6. The first kappa shape index (κ1) is 61.6. The van der Waals surface area contributed by atoms with Crippen LogP contribution in [0.15, 0.2) is 85.1 Å². The van der Waals surface area contributed by atoms with E-state index in [4.69, 9.17) is 15.6 Å². The zero-order chi connectivity index (χ0) is 52.3. The summed E-state index contributed by atoms with van der Waals surface area (Å²) in [5.74, 6) is 0.155. The molecule has 70 heavy (non-hydrogen) atoms. The van der Waals surface area contributed by atoms with Crippen molar-refractivity contribution in [2.45, 2.75) is 124 Å². The number of carbonyl (C=O) groups excluding carboxylic acids is 7. The van der Waals surface area contributed by atoms with Crippen LogP contribution in [-0.2, 0) is 44.7 Å². The number of amides is 6. The molecule has 386 valence electrons. The lowest BCUT2D eigenvalue weighted by atomic mass is 10.1. The molecule has 17 nitrogen and oxygen atoms in total. The first-order chi connectivity index (χ1) is 33.4. The number of likely N-dealkylation sites (tertiary alicyclic amines) is 1. The number of phenolic OH excluding ortho intramolecular Hbond substituents is 1. The van der Waals surface area contributed by atoms with Crippen LogP contribution in [0.3, 0.4) is 0 Å². The van der Waals surface area contributed by atoms with E-state index in [1.807, 2.05) is 81.8 Å². The number of aromatic amines is 1. The average Bonchev–Trinajstić information content (AvgIpc) is 3.95. The van der Waals surface area contributed by atoms with E-state index in [0.29, 0.717) is 38.0 Å². The van der Waals surface area contributed by atoms with E-state index < -0.39 is 12.1 Å². The minimum Gasteiger partial charge on any atom is -0.508 e. The van der Waals surface area contributed by atoms with Crippen molar-refractivity contribution in [3.8, 4) is 5.75 Å². The van der Waals surface area contributed by atoms with Gasteiger partial charge in [0.05, 0.1) is 19.2 Å². The second kappa shape index (κ2) is 36.6. The number of esters is 1. The summed E-state index contributed by atoms with van der Waals surface area (Å²) in [6.45, 7) is 14.4. The van der Waals surface area contributed by atoms with Crippen LogP contribution in [0.2, 0.25) is 0 Å². The van der Waals surface area contributed by atoms with E-state index in [9.17, 15) is 33.6 Å². The highest BCUT2D eigenvalue weighted by Gasteiger charge is 2.27. The smallest absolute Gasteiger partial charge is 0.328 e. The van der Waals surface area contributed by atoms with Crippen LogP contribution in [0.1, 0.15) is 89.8 Å². The van der Waals surface area contributed by atoms with Crippen molar-refractivity contribution in [1.29, 1.82) is 0 Å². The van der Waals surface area contributed by atoms with E-state index in [-0.39, 0.29) is 60.9 Å². The fourth-order valence-electron chi connectivity index (χ4n) is 6.74. The maximum atomic E-state index is 12.4. The van der Waals surface area contributed by atoms with Gasteiger partial charge in [-0.2, -0.15) is 11.8 Å². The van der Waals surface area contributed by atoms with Crippen LogP contribution in [-0.4, -0.2) is 126 Å². The number of para-hydroxylation sites is 1. The minimum absolute atomic E-state index is 0.0337. The van der Waals surface area contributed by atoms with E-state index in [0.717, 1.165) is 50.0 Å². The van der Waals surface area contributed by atoms with E-state index in [1.54, 1.807) is 42.6 Å². The van der Waals surface area contributed by atoms with Gasteiger partial charge in [0.25, 0.3) is 0 Å².